The third-order valence-corrected chi connectivity index (χ3v) is 4.42. The first kappa shape index (κ1) is 15.7. The van der Waals surface area contributed by atoms with Crippen molar-refractivity contribution in [2.75, 3.05) is 5.32 Å². The van der Waals surface area contributed by atoms with Gasteiger partial charge in [-0.3, -0.25) is 5.10 Å². The number of benzene rings is 3. The molecular formula is C20H15ClFN3. The molecule has 25 heavy (non-hydrogen) atoms. The maximum Gasteiger partial charge on any atom is 0.156 e. The SMILES string of the molecule is Fc1ccc(CNc2n[nH]c3cc(Cl)c(-c4ccccc4)cc23)cc1. The van der Waals surface area contributed by atoms with E-state index in [1.807, 2.05) is 42.5 Å². The molecule has 0 aliphatic rings. The van der Waals surface area contributed by atoms with Crippen molar-refractivity contribution >= 4 is 28.3 Å². The van der Waals surface area contributed by atoms with E-state index in [2.05, 4.69) is 15.5 Å². The molecule has 3 aromatic carbocycles. The second kappa shape index (κ2) is 6.57. The number of halogens is 2. The summed E-state index contributed by atoms with van der Waals surface area (Å²) in [5, 5.41) is 12.3. The topological polar surface area (TPSA) is 40.7 Å². The smallest absolute Gasteiger partial charge is 0.156 e. The highest BCUT2D eigenvalue weighted by Crippen LogP contribution is 2.34. The van der Waals surface area contributed by atoms with Crippen LogP contribution in [-0.2, 0) is 6.54 Å². The number of nitrogens with zero attached hydrogens (tertiary/aromatic N) is 1. The highest BCUT2D eigenvalue weighted by atomic mass is 35.5. The van der Waals surface area contributed by atoms with Gasteiger partial charge in [0, 0.05) is 17.5 Å². The van der Waals surface area contributed by atoms with Gasteiger partial charge in [0.05, 0.1) is 10.5 Å². The van der Waals surface area contributed by atoms with Crippen LogP contribution in [-0.4, -0.2) is 10.2 Å². The third kappa shape index (κ3) is 3.21. The molecule has 1 heterocycles. The number of nitrogens with one attached hydrogen (secondary N) is 2. The van der Waals surface area contributed by atoms with Gasteiger partial charge in [-0.1, -0.05) is 54.1 Å². The zero-order valence-corrected chi connectivity index (χ0v) is 14.0. The molecule has 3 nitrogen and oxygen atoms in total. The van der Waals surface area contributed by atoms with E-state index in [-0.39, 0.29) is 5.82 Å². The van der Waals surface area contributed by atoms with Crippen LogP contribution in [0.25, 0.3) is 22.0 Å². The monoisotopic (exact) mass is 351 g/mol. The van der Waals surface area contributed by atoms with Gasteiger partial charge >= 0.3 is 0 Å². The molecule has 0 aliphatic heterocycles. The normalized spacial score (nSPS) is 11.0. The minimum Gasteiger partial charge on any atom is -0.364 e. The number of hydrogen-bond donors (Lipinski definition) is 2. The first-order chi connectivity index (χ1) is 12.2. The van der Waals surface area contributed by atoms with Gasteiger partial charge < -0.3 is 5.32 Å². The van der Waals surface area contributed by atoms with Crippen LogP contribution in [0.4, 0.5) is 10.2 Å². The Bertz CT molecular complexity index is 1010. The van der Waals surface area contributed by atoms with E-state index < -0.39 is 0 Å². The number of aromatic nitrogens is 2. The second-order valence-electron chi connectivity index (χ2n) is 5.80. The molecule has 124 valence electrons. The fourth-order valence-corrected chi connectivity index (χ4v) is 3.07. The largest absolute Gasteiger partial charge is 0.364 e. The summed E-state index contributed by atoms with van der Waals surface area (Å²) in [6.45, 7) is 0.559. The molecule has 0 fully saturated rings. The highest BCUT2D eigenvalue weighted by molar-refractivity contribution is 6.34. The van der Waals surface area contributed by atoms with Crippen molar-refractivity contribution in [3.05, 3.63) is 83.1 Å². The van der Waals surface area contributed by atoms with Crippen molar-refractivity contribution in [2.45, 2.75) is 6.54 Å². The summed E-state index contributed by atoms with van der Waals surface area (Å²) in [6, 6.07) is 20.3. The maximum absolute atomic E-state index is 13.0. The minimum absolute atomic E-state index is 0.240. The summed E-state index contributed by atoms with van der Waals surface area (Å²) < 4.78 is 13.0. The minimum atomic E-state index is -0.240. The Balaban J connectivity index is 1.67. The van der Waals surface area contributed by atoms with Gasteiger partial charge in [-0.25, -0.2) is 4.39 Å². The molecule has 0 saturated carbocycles. The van der Waals surface area contributed by atoms with E-state index in [9.17, 15) is 4.39 Å². The number of rotatable bonds is 4. The lowest BCUT2D eigenvalue weighted by molar-refractivity contribution is 0.627. The Morgan fingerprint density at radius 3 is 2.52 bits per heavy atom. The lowest BCUT2D eigenvalue weighted by atomic mass is 10.0. The van der Waals surface area contributed by atoms with E-state index in [1.165, 1.54) is 12.1 Å². The second-order valence-corrected chi connectivity index (χ2v) is 6.20. The molecule has 0 spiro atoms. The molecule has 4 rings (SSSR count). The molecule has 4 aromatic rings. The summed E-state index contributed by atoms with van der Waals surface area (Å²) in [6.07, 6.45) is 0. The van der Waals surface area contributed by atoms with Crippen LogP contribution in [0.5, 0.6) is 0 Å². The van der Waals surface area contributed by atoms with Crippen LogP contribution in [0.1, 0.15) is 5.56 Å². The fourth-order valence-electron chi connectivity index (χ4n) is 2.80. The Kier molecular flexibility index (Phi) is 4.12. The number of hydrogen-bond acceptors (Lipinski definition) is 2. The first-order valence-electron chi connectivity index (χ1n) is 7.92. The molecule has 0 unspecified atom stereocenters. The van der Waals surface area contributed by atoms with Crippen LogP contribution < -0.4 is 5.32 Å². The molecule has 1 aromatic heterocycles. The number of anilines is 1. The average molecular weight is 352 g/mol. The lowest BCUT2D eigenvalue weighted by Crippen LogP contribution is -2.00. The van der Waals surface area contributed by atoms with Crippen LogP contribution in [0.15, 0.2) is 66.7 Å². The summed E-state index contributed by atoms with van der Waals surface area (Å²) in [7, 11) is 0. The molecule has 0 saturated heterocycles. The summed E-state index contributed by atoms with van der Waals surface area (Å²) in [5.41, 5.74) is 3.86. The van der Waals surface area contributed by atoms with Crippen LogP contribution in [0.2, 0.25) is 5.02 Å². The quantitative estimate of drug-likeness (QED) is 0.500. The zero-order chi connectivity index (χ0) is 17.2. The van der Waals surface area contributed by atoms with Crippen molar-refractivity contribution in [3.63, 3.8) is 0 Å². The standard InChI is InChI=1S/C20H15ClFN3/c21-18-11-19-17(10-16(18)14-4-2-1-3-5-14)20(25-24-19)23-12-13-6-8-15(22)9-7-13/h1-11H,12H2,(H2,23,24,25). The van der Waals surface area contributed by atoms with Crippen LogP contribution in [0.3, 0.4) is 0 Å². The lowest BCUT2D eigenvalue weighted by Gasteiger charge is -2.07. The van der Waals surface area contributed by atoms with Crippen LogP contribution in [0, 0.1) is 5.82 Å². The fraction of sp³-hybridized carbons (Fsp3) is 0.0500. The summed E-state index contributed by atoms with van der Waals surface area (Å²) in [4.78, 5) is 0. The van der Waals surface area contributed by atoms with Crippen molar-refractivity contribution in [2.24, 2.45) is 0 Å². The van der Waals surface area contributed by atoms with Crippen molar-refractivity contribution in [1.82, 2.24) is 10.2 Å². The van der Waals surface area contributed by atoms with E-state index in [0.29, 0.717) is 11.6 Å². The number of aromatic amines is 1. The predicted molar refractivity (Wildman–Crippen MR) is 100 cm³/mol. The Morgan fingerprint density at radius 2 is 1.76 bits per heavy atom. The molecule has 0 aliphatic carbocycles. The van der Waals surface area contributed by atoms with Gasteiger partial charge in [-0.05, 0) is 35.4 Å². The molecule has 0 bridgehead atoms. The van der Waals surface area contributed by atoms with E-state index in [0.717, 1.165) is 33.4 Å². The van der Waals surface area contributed by atoms with Crippen LogP contribution >= 0.6 is 11.6 Å². The molecule has 0 atom stereocenters. The van der Waals surface area contributed by atoms with Gasteiger partial charge in [0.25, 0.3) is 0 Å². The molecule has 0 radical (unpaired) electrons. The molecule has 0 amide bonds. The van der Waals surface area contributed by atoms with Gasteiger partial charge in [0.2, 0.25) is 0 Å². The average Bonchev–Trinajstić information content (AvgIpc) is 3.03. The Morgan fingerprint density at radius 1 is 1.00 bits per heavy atom. The van der Waals surface area contributed by atoms with E-state index in [1.54, 1.807) is 12.1 Å². The molecule has 5 heteroatoms. The summed E-state index contributed by atoms with van der Waals surface area (Å²) >= 11 is 6.43. The van der Waals surface area contributed by atoms with Crippen molar-refractivity contribution in [3.8, 4) is 11.1 Å². The van der Waals surface area contributed by atoms with Gasteiger partial charge in [-0.2, -0.15) is 5.10 Å². The van der Waals surface area contributed by atoms with Crippen molar-refractivity contribution in [1.29, 1.82) is 0 Å². The van der Waals surface area contributed by atoms with E-state index in [4.69, 9.17) is 11.6 Å². The molecule has 2 N–H and O–H groups in total. The summed E-state index contributed by atoms with van der Waals surface area (Å²) in [5.74, 6) is 0.504. The predicted octanol–water partition coefficient (Wildman–Crippen LogP) is 5.63. The van der Waals surface area contributed by atoms with Gasteiger partial charge in [-0.15, -0.1) is 0 Å². The molecular weight excluding hydrogens is 337 g/mol. The number of H-pyrrole nitrogens is 1. The Hall–Kier alpha value is -2.85. The highest BCUT2D eigenvalue weighted by Gasteiger charge is 2.11. The first-order valence-corrected chi connectivity index (χ1v) is 8.30. The zero-order valence-electron chi connectivity index (χ0n) is 13.3. The number of fused-ring (bicyclic) bond motifs is 1. The maximum atomic E-state index is 13.0. The van der Waals surface area contributed by atoms with E-state index >= 15 is 0 Å². The van der Waals surface area contributed by atoms with Gasteiger partial charge in [0.15, 0.2) is 5.82 Å². The van der Waals surface area contributed by atoms with Crippen molar-refractivity contribution < 1.29 is 4.39 Å². The van der Waals surface area contributed by atoms with Gasteiger partial charge in [0.1, 0.15) is 5.82 Å². The Labute approximate surface area is 149 Å². The third-order valence-electron chi connectivity index (χ3n) is 4.11.